The summed E-state index contributed by atoms with van der Waals surface area (Å²) in [5.74, 6) is 0.969. The number of nitrogens with two attached hydrogens (primary N) is 1. The molecule has 0 amide bonds. The fourth-order valence-electron chi connectivity index (χ4n) is 3.15. The van der Waals surface area contributed by atoms with Gasteiger partial charge < -0.3 is 10.5 Å². The van der Waals surface area contributed by atoms with E-state index in [0.29, 0.717) is 31.3 Å². The maximum absolute atomic E-state index is 13.1. The van der Waals surface area contributed by atoms with E-state index in [1.165, 1.54) is 12.1 Å². The fourth-order valence-corrected chi connectivity index (χ4v) is 3.15. The molecular formula is C19H19FN4O. The number of aromatic nitrogens is 2. The van der Waals surface area contributed by atoms with E-state index in [4.69, 9.17) is 10.5 Å². The fraction of sp³-hybridized carbons (Fsp3) is 0.263. The van der Waals surface area contributed by atoms with Gasteiger partial charge in [0.05, 0.1) is 24.8 Å². The Hall–Kier alpha value is -2.57. The Kier molecular flexibility index (Phi) is 4.29. The summed E-state index contributed by atoms with van der Waals surface area (Å²) in [4.78, 5) is 11.3. The number of anilines is 1. The Morgan fingerprint density at radius 2 is 1.92 bits per heavy atom. The predicted molar refractivity (Wildman–Crippen MR) is 94.3 cm³/mol. The number of benzene rings is 2. The lowest BCUT2D eigenvalue weighted by Gasteiger charge is -2.32. The molecule has 2 N–H and O–H groups in total. The van der Waals surface area contributed by atoms with Crippen molar-refractivity contribution in [2.45, 2.75) is 12.6 Å². The molecule has 0 spiro atoms. The third-order valence-electron chi connectivity index (χ3n) is 4.44. The van der Waals surface area contributed by atoms with E-state index < -0.39 is 0 Å². The molecule has 2 aromatic carbocycles. The minimum atomic E-state index is -0.239. The number of rotatable bonds is 3. The topological polar surface area (TPSA) is 64.3 Å². The van der Waals surface area contributed by atoms with Crippen molar-refractivity contribution in [3.63, 3.8) is 0 Å². The normalized spacial score (nSPS) is 18.5. The SMILES string of the molecule is Nc1nc(CN2CCO[C@@H](c3ccc(F)cc3)C2)nc2ccccc12. The summed E-state index contributed by atoms with van der Waals surface area (Å²) < 4.78 is 18.9. The van der Waals surface area contributed by atoms with Crippen LogP contribution in [0.3, 0.4) is 0 Å². The number of ether oxygens (including phenoxy) is 1. The first kappa shape index (κ1) is 15.9. The third kappa shape index (κ3) is 3.45. The highest BCUT2D eigenvalue weighted by Crippen LogP contribution is 2.24. The number of para-hydroxylation sites is 1. The van der Waals surface area contributed by atoms with E-state index in [0.717, 1.165) is 23.0 Å². The van der Waals surface area contributed by atoms with Crippen molar-refractivity contribution in [2.24, 2.45) is 0 Å². The van der Waals surface area contributed by atoms with Crippen LogP contribution in [0.15, 0.2) is 48.5 Å². The van der Waals surface area contributed by atoms with E-state index >= 15 is 0 Å². The van der Waals surface area contributed by atoms with Crippen molar-refractivity contribution >= 4 is 16.7 Å². The number of morpholine rings is 1. The van der Waals surface area contributed by atoms with Crippen LogP contribution in [0.1, 0.15) is 17.5 Å². The minimum Gasteiger partial charge on any atom is -0.383 e. The van der Waals surface area contributed by atoms with Crippen LogP contribution in [0.25, 0.3) is 10.9 Å². The predicted octanol–water partition coefficient (Wildman–Crippen LogP) is 2.92. The van der Waals surface area contributed by atoms with Gasteiger partial charge in [-0.25, -0.2) is 14.4 Å². The second-order valence-corrected chi connectivity index (χ2v) is 6.19. The molecule has 1 fully saturated rings. The average Bonchev–Trinajstić information content (AvgIpc) is 2.63. The van der Waals surface area contributed by atoms with E-state index in [9.17, 15) is 4.39 Å². The van der Waals surface area contributed by atoms with Crippen molar-refractivity contribution in [1.82, 2.24) is 14.9 Å². The maximum Gasteiger partial charge on any atom is 0.145 e. The zero-order valence-electron chi connectivity index (χ0n) is 13.7. The number of hydrogen-bond donors (Lipinski definition) is 1. The van der Waals surface area contributed by atoms with Crippen molar-refractivity contribution in [3.8, 4) is 0 Å². The summed E-state index contributed by atoms with van der Waals surface area (Å²) in [6.45, 7) is 2.73. The third-order valence-corrected chi connectivity index (χ3v) is 4.44. The summed E-state index contributed by atoms with van der Waals surface area (Å²) >= 11 is 0. The lowest BCUT2D eigenvalue weighted by molar-refractivity contribution is -0.0336. The summed E-state index contributed by atoms with van der Waals surface area (Å²) in [6, 6.07) is 14.2. The second kappa shape index (κ2) is 6.74. The molecule has 128 valence electrons. The first-order valence-corrected chi connectivity index (χ1v) is 8.29. The average molecular weight is 338 g/mol. The number of hydrogen-bond acceptors (Lipinski definition) is 5. The molecule has 1 atom stereocenters. The Morgan fingerprint density at radius 1 is 1.12 bits per heavy atom. The molecule has 1 saturated heterocycles. The maximum atomic E-state index is 13.1. The Morgan fingerprint density at radius 3 is 2.76 bits per heavy atom. The van der Waals surface area contributed by atoms with Gasteiger partial charge in [-0.05, 0) is 29.8 Å². The van der Waals surface area contributed by atoms with E-state index in [1.807, 2.05) is 24.3 Å². The summed E-state index contributed by atoms with van der Waals surface area (Å²) in [5.41, 5.74) is 7.90. The number of halogens is 1. The zero-order valence-corrected chi connectivity index (χ0v) is 13.7. The lowest BCUT2D eigenvalue weighted by atomic mass is 10.1. The van der Waals surface area contributed by atoms with Gasteiger partial charge in [0.25, 0.3) is 0 Å². The second-order valence-electron chi connectivity index (χ2n) is 6.19. The molecule has 0 unspecified atom stereocenters. The van der Waals surface area contributed by atoms with Gasteiger partial charge in [0.15, 0.2) is 0 Å². The molecule has 3 aromatic rings. The molecular weight excluding hydrogens is 319 g/mol. The Bertz CT molecular complexity index is 884. The molecule has 6 heteroatoms. The van der Waals surface area contributed by atoms with Crippen molar-refractivity contribution in [3.05, 3.63) is 65.7 Å². The highest BCUT2D eigenvalue weighted by atomic mass is 19.1. The van der Waals surface area contributed by atoms with Gasteiger partial charge in [0.1, 0.15) is 17.5 Å². The quantitative estimate of drug-likeness (QED) is 0.795. The van der Waals surface area contributed by atoms with Crippen molar-refractivity contribution in [2.75, 3.05) is 25.4 Å². The zero-order chi connectivity index (χ0) is 17.2. The molecule has 2 heterocycles. The molecule has 0 saturated carbocycles. The smallest absolute Gasteiger partial charge is 0.145 e. The van der Waals surface area contributed by atoms with Crippen LogP contribution in [0, 0.1) is 5.82 Å². The van der Waals surface area contributed by atoms with Crippen LogP contribution in [0.2, 0.25) is 0 Å². The molecule has 4 rings (SSSR count). The molecule has 1 aromatic heterocycles. The summed E-state index contributed by atoms with van der Waals surface area (Å²) in [5, 5.41) is 0.873. The van der Waals surface area contributed by atoms with Gasteiger partial charge in [0, 0.05) is 18.5 Å². The molecule has 1 aliphatic heterocycles. The standard InChI is InChI=1S/C19H19FN4O/c20-14-7-5-13(6-8-14)17-11-24(9-10-25-17)12-18-22-16-4-2-1-3-15(16)19(21)23-18/h1-8,17H,9-12H2,(H2,21,22,23)/t17-/m1/s1. The Balaban J connectivity index is 1.51. The van der Waals surface area contributed by atoms with Gasteiger partial charge in [0.2, 0.25) is 0 Å². The molecule has 5 nitrogen and oxygen atoms in total. The largest absolute Gasteiger partial charge is 0.383 e. The summed E-state index contributed by atoms with van der Waals surface area (Å²) in [7, 11) is 0. The van der Waals surface area contributed by atoms with Crippen molar-refractivity contribution < 1.29 is 9.13 Å². The van der Waals surface area contributed by atoms with E-state index in [-0.39, 0.29) is 11.9 Å². The molecule has 25 heavy (non-hydrogen) atoms. The van der Waals surface area contributed by atoms with Crippen LogP contribution in [-0.4, -0.2) is 34.6 Å². The van der Waals surface area contributed by atoms with Crippen LogP contribution >= 0.6 is 0 Å². The molecule has 0 radical (unpaired) electrons. The van der Waals surface area contributed by atoms with E-state index in [1.54, 1.807) is 12.1 Å². The van der Waals surface area contributed by atoms with Gasteiger partial charge in [-0.1, -0.05) is 24.3 Å². The molecule has 0 bridgehead atoms. The monoisotopic (exact) mass is 338 g/mol. The van der Waals surface area contributed by atoms with Crippen molar-refractivity contribution in [1.29, 1.82) is 0 Å². The molecule has 0 aliphatic carbocycles. The van der Waals surface area contributed by atoms with Crippen LogP contribution in [0.5, 0.6) is 0 Å². The highest BCUT2D eigenvalue weighted by Gasteiger charge is 2.23. The van der Waals surface area contributed by atoms with Crippen LogP contribution in [0.4, 0.5) is 10.2 Å². The number of nitrogen functional groups attached to an aromatic ring is 1. The Labute approximate surface area is 145 Å². The van der Waals surface area contributed by atoms with Gasteiger partial charge in [-0.15, -0.1) is 0 Å². The lowest BCUT2D eigenvalue weighted by Crippen LogP contribution is -2.38. The highest BCUT2D eigenvalue weighted by molar-refractivity contribution is 5.87. The first-order chi connectivity index (χ1) is 12.2. The molecule has 1 aliphatic rings. The van der Waals surface area contributed by atoms with E-state index in [2.05, 4.69) is 14.9 Å². The van der Waals surface area contributed by atoms with Gasteiger partial charge in [-0.3, -0.25) is 4.90 Å². The van der Waals surface area contributed by atoms with Gasteiger partial charge in [-0.2, -0.15) is 0 Å². The summed E-state index contributed by atoms with van der Waals surface area (Å²) in [6.07, 6.45) is -0.0767. The van der Waals surface area contributed by atoms with Gasteiger partial charge >= 0.3 is 0 Å². The first-order valence-electron chi connectivity index (χ1n) is 8.29. The minimum absolute atomic E-state index is 0.0767. The number of nitrogens with zero attached hydrogens (tertiary/aromatic N) is 3. The number of fused-ring (bicyclic) bond motifs is 1. The van der Waals surface area contributed by atoms with Crippen LogP contribution < -0.4 is 5.73 Å². The van der Waals surface area contributed by atoms with Crippen LogP contribution in [-0.2, 0) is 11.3 Å².